The van der Waals surface area contributed by atoms with Gasteiger partial charge in [0.15, 0.2) is 5.75 Å². The Morgan fingerprint density at radius 2 is 2.16 bits per heavy atom. The van der Waals surface area contributed by atoms with E-state index in [1.165, 1.54) is 25.3 Å². The van der Waals surface area contributed by atoms with Gasteiger partial charge in [-0.25, -0.2) is 0 Å². The molecule has 0 bridgehead atoms. The predicted octanol–water partition coefficient (Wildman–Crippen LogP) is 3.26. The Hall–Kier alpha value is -2.46. The monoisotopic (exact) mass is 384 g/mol. The Labute approximate surface area is 148 Å². The van der Waals surface area contributed by atoms with Crippen molar-refractivity contribution < 1.29 is 22.8 Å². The van der Waals surface area contributed by atoms with Gasteiger partial charge in [0.2, 0.25) is 5.75 Å². The van der Waals surface area contributed by atoms with Crippen molar-refractivity contribution >= 4 is 33.3 Å². The summed E-state index contributed by atoms with van der Waals surface area (Å²) in [6.45, 7) is 2.16. The lowest BCUT2D eigenvalue weighted by atomic mass is 10.2. The smallest absolute Gasteiger partial charge is 0.315 e. The summed E-state index contributed by atoms with van der Waals surface area (Å²) in [5.41, 5.74) is -0.102. The van der Waals surface area contributed by atoms with E-state index in [1.807, 2.05) is 6.92 Å². The number of nitro groups is 1. The van der Waals surface area contributed by atoms with E-state index in [0.717, 1.165) is 17.6 Å². The van der Waals surface area contributed by atoms with E-state index >= 15 is 0 Å². The fraction of sp³-hybridized carbons (Fsp3) is 0.267. The molecule has 0 amide bonds. The molecule has 0 aliphatic carbocycles. The first-order chi connectivity index (χ1) is 11.9. The number of rotatable bonds is 8. The van der Waals surface area contributed by atoms with E-state index in [2.05, 4.69) is 4.40 Å². The molecule has 2 aromatic rings. The van der Waals surface area contributed by atoms with E-state index in [4.69, 9.17) is 9.47 Å². The first-order valence-electron chi connectivity index (χ1n) is 7.22. The van der Waals surface area contributed by atoms with Crippen LogP contribution >= 0.6 is 11.3 Å². The molecule has 1 aromatic heterocycles. The SMILES string of the molecule is CCCOc1c(OC)cc(/C=N\S(=O)(=O)c2cccs2)cc1[N+](=O)[O-]. The molecule has 0 saturated carbocycles. The average molecular weight is 384 g/mol. The molecule has 0 N–H and O–H groups in total. The van der Waals surface area contributed by atoms with Crippen LogP contribution in [0.15, 0.2) is 38.3 Å². The lowest BCUT2D eigenvalue weighted by molar-refractivity contribution is -0.386. The van der Waals surface area contributed by atoms with Crippen LogP contribution in [0.5, 0.6) is 11.5 Å². The molecule has 25 heavy (non-hydrogen) atoms. The molecular formula is C15H16N2O6S2. The van der Waals surface area contributed by atoms with Crippen LogP contribution in [-0.4, -0.2) is 33.3 Å². The van der Waals surface area contributed by atoms with Crippen molar-refractivity contribution in [2.24, 2.45) is 4.40 Å². The van der Waals surface area contributed by atoms with Gasteiger partial charge in [-0.05, 0) is 23.9 Å². The third-order valence-electron chi connectivity index (χ3n) is 3.01. The van der Waals surface area contributed by atoms with Crippen LogP contribution in [-0.2, 0) is 10.0 Å². The molecule has 0 aliphatic heterocycles. The van der Waals surface area contributed by atoms with Crippen molar-refractivity contribution in [2.45, 2.75) is 17.6 Å². The van der Waals surface area contributed by atoms with Crippen LogP contribution in [0.2, 0.25) is 0 Å². The van der Waals surface area contributed by atoms with Crippen molar-refractivity contribution in [1.29, 1.82) is 0 Å². The normalized spacial score (nSPS) is 11.6. The summed E-state index contributed by atoms with van der Waals surface area (Å²) in [4.78, 5) is 10.7. The first kappa shape index (κ1) is 18.9. The number of sulfonamides is 1. The van der Waals surface area contributed by atoms with Gasteiger partial charge in [0.1, 0.15) is 4.21 Å². The molecule has 2 rings (SSSR count). The zero-order valence-corrected chi connectivity index (χ0v) is 15.2. The molecule has 0 saturated heterocycles. The van der Waals surface area contributed by atoms with Crippen molar-refractivity contribution in [2.75, 3.05) is 13.7 Å². The van der Waals surface area contributed by atoms with Gasteiger partial charge < -0.3 is 9.47 Å². The predicted molar refractivity (Wildman–Crippen MR) is 94.5 cm³/mol. The molecule has 1 heterocycles. The molecule has 8 nitrogen and oxygen atoms in total. The third kappa shape index (κ3) is 4.54. The highest BCUT2D eigenvalue weighted by Gasteiger charge is 2.22. The maximum atomic E-state index is 12.1. The number of thiophene rings is 1. The number of ether oxygens (including phenoxy) is 2. The van der Waals surface area contributed by atoms with Gasteiger partial charge in [-0.15, -0.1) is 11.3 Å². The van der Waals surface area contributed by atoms with E-state index < -0.39 is 14.9 Å². The zero-order valence-electron chi connectivity index (χ0n) is 13.5. The Morgan fingerprint density at radius 3 is 2.72 bits per heavy atom. The minimum atomic E-state index is -3.85. The van der Waals surface area contributed by atoms with Gasteiger partial charge >= 0.3 is 5.69 Å². The van der Waals surface area contributed by atoms with Gasteiger partial charge in [0, 0.05) is 17.8 Å². The number of hydrogen-bond donors (Lipinski definition) is 0. The summed E-state index contributed by atoms with van der Waals surface area (Å²) < 4.78 is 38.3. The molecule has 0 spiro atoms. The quantitative estimate of drug-likeness (QED) is 0.393. The topological polar surface area (TPSA) is 108 Å². The second-order valence-electron chi connectivity index (χ2n) is 4.82. The summed E-state index contributed by atoms with van der Waals surface area (Å²) in [6.07, 6.45) is 1.72. The molecule has 0 radical (unpaired) electrons. The number of nitro benzene ring substituents is 1. The standard InChI is InChI=1S/C15H16N2O6S2/c1-3-6-23-15-12(17(18)19)8-11(9-13(15)22-2)10-16-25(20,21)14-5-4-7-24-14/h4-5,7-10H,3,6H2,1-2H3/b16-10-. The summed E-state index contributed by atoms with van der Waals surface area (Å²) >= 11 is 1.04. The van der Waals surface area contributed by atoms with Gasteiger partial charge in [-0.3, -0.25) is 10.1 Å². The minimum absolute atomic E-state index is 0.00705. The van der Waals surface area contributed by atoms with Crippen LogP contribution < -0.4 is 9.47 Å². The van der Waals surface area contributed by atoms with Crippen molar-refractivity contribution in [3.63, 3.8) is 0 Å². The molecule has 10 heteroatoms. The summed E-state index contributed by atoms with van der Waals surface area (Å²) in [6, 6.07) is 5.66. The largest absolute Gasteiger partial charge is 0.493 e. The van der Waals surface area contributed by atoms with Crippen molar-refractivity contribution in [1.82, 2.24) is 0 Å². The maximum absolute atomic E-state index is 12.1. The zero-order chi connectivity index (χ0) is 18.4. The lowest BCUT2D eigenvalue weighted by Crippen LogP contribution is -2.03. The highest BCUT2D eigenvalue weighted by molar-refractivity contribution is 7.92. The molecular weight excluding hydrogens is 368 g/mol. The van der Waals surface area contributed by atoms with Crippen molar-refractivity contribution in [3.8, 4) is 11.5 Å². The molecule has 134 valence electrons. The molecule has 1 aromatic carbocycles. The number of benzene rings is 1. The Bertz CT molecular complexity index is 876. The Morgan fingerprint density at radius 1 is 1.40 bits per heavy atom. The molecule has 0 fully saturated rings. The molecule has 0 atom stereocenters. The van der Waals surface area contributed by atoms with E-state index in [-0.39, 0.29) is 33.6 Å². The third-order valence-corrected chi connectivity index (χ3v) is 5.62. The van der Waals surface area contributed by atoms with Crippen LogP contribution in [0, 0.1) is 10.1 Å². The maximum Gasteiger partial charge on any atom is 0.315 e. The average Bonchev–Trinajstić information content (AvgIpc) is 3.13. The summed E-state index contributed by atoms with van der Waals surface area (Å²) in [5.74, 6) is 0.144. The lowest BCUT2D eigenvalue weighted by Gasteiger charge is -2.11. The molecule has 0 aliphatic rings. The highest BCUT2D eigenvalue weighted by atomic mass is 32.2. The second kappa shape index (κ2) is 8.08. The van der Waals surface area contributed by atoms with E-state index in [0.29, 0.717) is 6.42 Å². The summed E-state index contributed by atoms with van der Waals surface area (Å²) in [7, 11) is -2.50. The fourth-order valence-corrected chi connectivity index (χ4v) is 3.76. The van der Waals surface area contributed by atoms with Crippen LogP contribution in [0.4, 0.5) is 5.69 Å². The van der Waals surface area contributed by atoms with Gasteiger partial charge in [-0.1, -0.05) is 13.0 Å². The first-order valence-corrected chi connectivity index (χ1v) is 9.54. The van der Waals surface area contributed by atoms with Crippen LogP contribution in [0.3, 0.4) is 0 Å². The van der Waals surface area contributed by atoms with Crippen molar-refractivity contribution in [3.05, 3.63) is 45.3 Å². The Balaban J connectivity index is 2.43. The fourth-order valence-electron chi connectivity index (χ4n) is 1.91. The van der Waals surface area contributed by atoms with Gasteiger partial charge in [0.25, 0.3) is 10.0 Å². The number of methoxy groups -OCH3 is 1. The van der Waals surface area contributed by atoms with E-state index in [9.17, 15) is 18.5 Å². The highest BCUT2D eigenvalue weighted by Crippen LogP contribution is 2.38. The number of nitrogens with zero attached hydrogens (tertiary/aromatic N) is 2. The van der Waals surface area contributed by atoms with Gasteiger partial charge in [-0.2, -0.15) is 12.8 Å². The van der Waals surface area contributed by atoms with E-state index in [1.54, 1.807) is 11.4 Å². The number of hydrogen-bond acceptors (Lipinski definition) is 7. The van der Waals surface area contributed by atoms with Crippen LogP contribution in [0.25, 0.3) is 0 Å². The minimum Gasteiger partial charge on any atom is -0.493 e. The summed E-state index contributed by atoms with van der Waals surface area (Å²) in [5, 5.41) is 12.9. The van der Waals surface area contributed by atoms with Gasteiger partial charge in [0.05, 0.1) is 18.6 Å². The Kier molecular flexibility index (Phi) is 6.10. The van der Waals surface area contributed by atoms with Crippen LogP contribution in [0.1, 0.15) is 18.9 Å². The molecule has 0 unspecified atom stereocenters. The second-order valence-corrected chi connectivity index (χ2v) is 7.63.